The van der Waals surface area contributed by atoms with Gasteiger partial charge in [0.15, 0.2) is 0 Å². The number of thiophene rings is 1. The number of nitrogen functional groups attached to an aromatic ring is 1. The van der Waals surface area contributed by atoms with Crippen molar-refractivity contribution in [3.8, 4) is 16.9 Å². The fourth-order valence-corrected chi connectivity index (χ4v) is 2.59. The molecule has 2 rings (SSSR count). The van der Waals surface area contributed by atoms with Crippen molar-refractivity contribution in [1.82, 2.24) is 0 Å². The highest BCUT2D eigenvalue weighted by Gasteiger charge is 2.06. The van der Waals surface area contributed by atoms with E-state index in [1.54, 1.807) is 11.3 Å². The number of aryl methyl sites for hydroxylation is 1. The molecule has 0 saturated heterocycles. The van der Waals surface area contributed by atoms with E-state index in [0.717, 1.165) is 10.8 Å². The average Bonchev–Trinajstić information content (AvgIpc) is 2.58. The monoisotopic (exact) mass is 247 g/mol. The van der Waals surface area contributed by atoms with Crippen LogP contribution in [0.3, 0.4) is 0 Å². The molecular formula is C14H17NOS. The van der Waals surface area contributed by atoms with Crippen LogP contribution in [0.2, 0.25) is 0 Å². The van der Waals surface area contributed by atoms with Crippen molar-refractivity contribution in [3.63, 3.8) is 0 Å². The second-order valence-corrected chi connectivity index (χ2v) is 5.60. The van der Waals surface area contributed by atoms with Crippen molar-refractivity contribution in [2.24, 2.45) is 0 Å². The number of benzene rings is 1. The second-order valence-electron chi connectivity index (χ2n) is 4.31. The molecule has 2 nitrogen and oxygen atoms in total. The van der Waals surface area contributed by atoms with Crippen molar-refractivity contribution in [3.05, 3.63) is 35.2 Å². The zero-order chi connectivity index (χ0) is 12.4. The Morgan fingerprint density at radius 3 is 2.29 bits per heavy atom. The van der Waals surface area contributed by atoms with Gasteiger partial charge in [0.05, 0.1) is 11.1 Å². The van der Waals surface area contributed by atoms with Gasteiger partial charge in [0.2, 0.25) is 0 Å². The SMILES string of the molecule is Cc1sc(N)cc1-c1ccc(OC(C)C)cc1. The van der Waals surface area contributed by atoms with E-state index in [9.17, 15) is 0 Å². The number of rotatable bonds is 3. The van der Waals surface area contributed by atoms with Crippen molar-refractivity contribution in [1.29, 1.82) is 0 Å². The van der Waals surface area contributed by atoms with Crippen LogP contribution < -0.4 is 10.5 Å². The molecule has 3 heteroatoms. The number of nitrogens with two attached hydrogens (primary N) is 1. The summed E-state index contributed by atoms with van der Waals surface area (Å²) in [5, 5.41) is 0.861. The zero-order valence-corrected chi connectivity index (χ0v) is 11.2. The molecular weight excluding hydrogens is 230 g/mol. The average molecular weight is 247 g/mol. The molecule has 0 aliphatic rings. The van der Waals surface area contributed by atoms with Gasteiger partial charge in [-0.25, -0.2) is 0 Å². The van der Waals surface area contributed by atoms with Gasteiger partial charge in [0.1, 0.15) is 5.75 Å². The largest absolute Gasteiger partial charge is 0.491 e. The normalized spacial score (nSPS) is 10.8. The predicted molar refractivity (Wildman–Crippen MR) is 74.7 cm³/mol. The maximum atomic E-state index is 5.81. The lowest BCUT2D eigenvalue weighted by Crippen LogP contribution is -2.05. The van der Waals surface area contributed by atoms with Gasteiger partial charge >= 0.3 is 0 Å². The number of anilines is 1. The van der Waals surface area contributed by atoms with Gasteiger partial charge in [0, 0.05) is 4.88 Å². The van der Waals surface area contributed by atoms with Gasteiger partial charge in [-0.3, -0.25) is 0 Å². The first kappa shape index (κ1) is 12.0. The van der Waals surface area contributed by atoms with Gasteiger partial charge < -0.3 is 10.5 Å². The minimum Gasteiger partial charge on any atom is -0.491 e. The van der Waals surface area contributed by atoms with Crippen LogP contribution in [0.5, 0.6) is 5.75 Å². The van der Waals surface area contributed by atoms with E-state index in [1.165, 1.54) is 16.0 Å². The van der Waals surface area contributed by atoms with Crippen LogP contribution in [-0.4, -0.2) is 6.10 Å². The Bertz CT molecular complexity index is 499. The molecule has 0 aliphatic heterocycles. The minimum absolute atomic E-state index is 0.208. The Labute approximate surface area is 106 Å². The van der Waals surface area contributed by atoms with Gasteiger partial charge in [0.25, 0.3) is 0 Å². The lowest BCUT2D eigenvalue weighted by molar-refractivity contribution is 0.242. The van der Waals surface area contributed by atoms with Gasteiger partial charge in [-0.1, -0.05) is 12.1 Å². The molecule has 1 heterocycles. The molecule has 0 radical (unpaired) electrons. The number of hydrogen-bond donors (Lipinski definition) is 1. The molecule has 0 saturated carbocycles. The summed E-state index contributed by atoms with van der Waals surface area (Å²) in [5.74, 6) is 0.907. The second kappa shape index (κ2) is 4.80. The van der Waals surface area contributed by atoms with Gasteiger partial charge in [-0.05, 0) is 50.1 Å². The zero-order valence-electron chi connectivity index (χ0n) is 10.4. The van der Waals surface area contributed by atoms with E-state index >= 15 is 0 Å². The van der Waals surface area contributed by atoms with Crippen LogP contribution in [0.25, 0.3) is 11.1 Å². The van der Waals surface area contributed by atoms with Crippen LogP contribution in [0.4, 0.5) is 5.00 Å². The third kappa shape index (κ3) is 2.80. The molecule has 0 bridgehead atoms. The maximum Gasteiger partial charge on any atom is 0.119 e. The molecule has 2 N–H and O–H groups in total. The Morgan fingerprint density at radius 1 is 1.18 bits per heavy atom. The molecule has 90 valence electrons. The predicted octanol–water partition coefficient (Wildman–Crippen LogP) is 4.09. The Morgan fingerprint density at radius 2 is 1.82 bits per heavy atom. The van der Waals surface area contributed by atoms with E-state index < -0.39 is 0 Å². The van der Waals surface area contributed by atoms with E-state index in [4.69, 9.17) is 10.5 Å². The summed E-state index contributed by atoms with van der Waals surface area (Å²) in [6.07, 6.45) is 0.208. The Balaban J connectivity index is 2.26. The third-order valence-corrected chi connectivity index (χ3v) is 3.35. The van der Waals surface area contributed by atoms with E-state index in [1.807, 2.05) is 32.0 Å². The summed E-state index contributed by atoms with van der Waals surface area (Å²) in [6, 6.07) is 10.2. The number of ether oxygens (including phenoxy) is 1. The first-order chi connectivity index (χ1) is 8.06. The Hall–Kier alpha value is -1.48. The highest BCUT2D eigenvalue weighted by molar-refractivity contribution is 7.16. The van der Waals surface area contributed by atoms with Crippen molar-refractivity contribution in [2.45, 2.75) is 26.9 Å². The van der Waals surface area contributed by atoms with Crippen molar-refractivity contribution >= 4 is 16.3 Å². The summed E-state index contributed by atoms with van der Waals surface area (Å²) in [7, 11) is 0. The molecule has 0 fully saturated rings. The maximum absolute atomic E-state index is 5.81. The lowest BCUT2D eigenvalue weighted by Gasteiger charge is -2.10. The van der Waals surface area contributed by atoms with E-state index in [2.05, 4.69) is 19.1 Å². The number of hydrogen-bond acceptors (Lipinski definition) is 3. The molecule has 2 aromatic rings. The fourth-order valence-electron chi connectivity index (χ4n) is 1.78. The van der Waals surface area contributed by atoms with Crippen LogP contribution in [0.1, 0.15) is 18.7 Å². The van der Waals surface area contributed by atoms with Crippen LogP contribution in [-0.2, 0) is 0 Å². The van der Waals surface area contributed by atoms with Gasteiger partial charge in [-0.15, -0.1) is 11.3 Å². The molecule has 0 atom stereocenters. The standard InChI is InChI=1S/C14H17NOS/c1-9(2)16-12-6-4-11(5-7-12)13-8-14(15)17-10(13)3/h4-9H,15H2,1-3H3. The molecule has 0 amide bonds. The van der Waals surface area contributed by atoms with Crippen molar-refractivity contribution in [2.75, 3.05) is 5.73 Å². The van der Waals surface area contributed by atoms with Crippen LogP contribution in [0.15, 0.2) is 30.3 Å². The molecule has 1 aromatic carbocycles. The van der Waals surface area contributed by atoms with Crippen molar-refractivity contribution < 1.29 is 4.74 Å². The smallest absolute Gasteiger partial charge is 0.119 e. The first-order valence-corrected chi connectivity index (χ1v) is 6.51. The van der Waals surface area contributed by atoms with Gasteiger partial charge in [-0.2, -0.15) is 0 Å². The summed E-state index contributed by atoms with van der Waals surface area (Å²) >= 11 is 1.63. The quantitative estimate of drug-likeness (QED) is 0.886. The summed E-state index contributed by atoms with van der Waals surface area (Å²) in [5.41, 5.74) is 8.20. The summed E-state index contributed by atoms with van der Waals surface area (Å²) in [6.45, 7) is 6.14. The molecule has 0 aliphatic carbocycles. The van der Waals surface area contributed by atoms with E-state index in [0.29, 0.717) is 0 Å². The molecule has 0 unspecified atom stereocenters. The molecule has 17 heavy (non-hydrogen) atoms. The summed E-state index contributed by atoms with van der Waals surface area (Å²) < 4.78 is 5.62. The van der Waals surface area contributed by atoms with E-state index in [-0.39, 0.29) is 6.10 Å². The Kier molecular flexibility index (Phi) is 3.38. The third-order valence-electron chi connectivity index (χ3n) is 2.47. The highest BCUT2D eigenvalue weighted by Crippen LogP contribution is 2.33. The molecule has 1 aromatic heterocycles. The minimum atomic E-state index is 0.208. The highest BCUT2D eigenvalue weighted by atomic mass is 32.1. The fraction of sp³-hybridized carbons (Fsp3) is 0.286. The van der Waals surface area contributed by atoms with Crippen LogP contribution >= 0.6 is 11.3 Å². The topological polar surface area (TPSA) is 35.2 Å². The first-order valence-electron chi connectivity index (χ1n) is 5.69. The lowest BCUT2D eigenvalue weighted by atomic mass is 10.1. The molecule has 0 spiro atoms. The summed E-state index contributed by atoms with van der Waals surface area (Å²) in [4.78, 5) is 1.25. The van der Waals surface area contributed by atoms with Crippen LogP contribution in [0, 0.1) is 6.92 Å².